The molecule has 0 heterocycles. The molecule has 0 unspecified atom stereocenters. The summed E-state index contributed by atoms with van der Waals surface area (Å²) in [7, 11) is 0. The highest BCUT2D eigenvalue weighted by molar-refractivity contribution is 5.81. The van der Waals surface area contributed by atoms with Crippen molar-refractivity contribution in [3.8, 4) is 0 Å². The molecule has 0 aliphatic rings. The molecule has 0 spiro atoms. The van der Waals surface area contributed by atoms with Crippen LogP contribution in [0.15, 0.2) is 24.8 Å². The van der Waals surface area contributed by atoms with E-state index in [4.69, 9.17) is 4.74 Å². The van der Waals surface area contributed by atoms with Crippen LogP contribution in [0.2, 0.25) is 0 Å². The van der Waals surface area contributed by atoms with Gasteiger partial charge in [-0.05, 0) is 13.3 Å². The Morgan fingerprint density at radius 2 is 2.40 bits per heavy atom. The van der Waals surface area contributed by atoms with Gasteiger partial charge in [-0.3, -0.25) is 0 Å². The number of hydrogen-bond donors (Lipinski definition) is 0. The summed E-state index contributed by atoms with van der Waals surface area (Å²) in [6.07, 6.45) is 5.46. The van der Waals surface area contributed by atoms with E-state index in [9.17, 15) is 4.79 Å². The summed E-state index contributed by atoms with van der Waals surface area (Å²) in [4.78, 5) is 10.6. The smallest absolute Gasteiger partial charge is 0.330 e. The molecule has 0 fully saturated rings. The molecule has 0 rings (SSSR count). The van der Waals surface area contributed by atoms with Gasteiger partial charge in [0.15, 0.2) is 0 Å². The molecule has 0 aliphatic carbocycles. The first-order valence-corrected chi connectivity index (χ1v) is 3.21. The highest BCUT2D eigenvalue weighted by Crippen LogP contribution is 1.85. The van der Waals surface area contributed by atoms with Gasteiger partial charge in [-0.15, -0.1) is 6.58 Å². The molecule has 10 heavy (non-hydrogen) atoms. The average molecular weight is 140 g/mol. The minimum atomic E-state index is -0.288. The third kappa shape index (κ3) is 5.09. The van der Waals surface area contributed by atoms with Crippen LogP contribution in [-0.4, -0.2) is 12.6 Å². The van der Waals surface area contributed by atoms with Crippen molar-refractivity contribution in [1.29, 1.82) is 0 Å². The van der Waals surface area contributed by atoms with Crippen molar-refractivity contribution < 1.29 is 9.53 Å². The van der Waals surface area contributed by atoms with Crippen molar-refractivity contribution in [1.82, 2.24) is 0 Å². The number of carbonyl (C=O) groups excluding carboxylic acids is 1. The van der Waals surface area contributed by atoms with Gasteiger partial charge in [0.05, 0.1) is 6.61 Å². The molecule has 2 nitrogen and oxygen atoms in total. The fourth-order valence-electron chi connectivity index (χ4n) is 0.427. The van der Waals surface area contributed by atoms with Gasteiger partial charge >= 0.3 is 5.97 Å². The maximum absolute atomic E-state index is 10.6. The highest BCUT2D eigenvalue weighted by Gasteiger charge is 1.91. The molecule has 2 heteroatoms. The first-order chi connectivity index (χ1) is 4.81. The first-order valence-electron chi connectivity index (χ1n) is 3.21. The SMILES string of the molecule is C=CCCOC(=O)/C=C/C. The molecule has 0 saturated heterocycles. The predicted molar refractivity (Wildman–Crippen MR) is 40.6 cm³/mol. The van der Waals surface area contributed by atoms with Crippen LogP contribution in [0.4, 0.5) is 0 Å². The lowest BCUT2D eigenvalue weighted by Gasteiger charge is -1.96. The van der Waals surface area contributed by atoms with E-state index in [0.29, 0.717) is 13.0 Å². The molecule has 0 aliphatic heterocycles. The molecule has 0 aromatic heterocycles. The normalized spacial score (nSPS) is 9.70. The highest BCUT2D eigenvalue weighted by atomic mass is 16.5. The molecular formula is C8H12O2. The fourth-order valence-corrected chi connectivity index (χ4v) is 0.427. The second-order valence-corrected chi connectivity index (χ2v) is 1.74. The number of esters is 1. The van der Waals surface area contributed by atoms with E-state index in [0.717, 1.165) is 0 Å². The van der Waals surface area contributed by atoms with Gasteiger partial charge in [-0.25, -0.2) is 4.79 Å². The maximum Gasteiger partial charge on any atom is 0.330 e. The summed E-state index contributed by atoms with van der Waals surface area (Å²) in [6, 6.07) is 0. The van der Waals surface area contributed by atoms with Crippen LogP contribution >= 0.6 is 0 Å². The summed E-state index contributed by atoms with van der Waals surface area (Å²) >= 11 is 0. The molecule has 0 aromatic carbocycles. The van der Waals surface area contributed by atoms with E-state index in [2.05, 4.69) is 6.58 Å². The number of allylic oxidation sites excluding steroid dienone is 1. The van der Waals surface area contributed by atoms with Crippen molar-refractivity contribution >= 4 is 5.97 Å². The van der Waals surface area contributed by atoms with Crippen LogP contribution in [0.1, 0.15) is 13.3 Å². The summed E-state index contributed by atoms with van der Waals surface area (Å²) in [5, 5.41) is 0. The lowest BCUT2D eigenvalue weighted by Crippen LogP contribution is -2.00. The van der Waals surface area contributed by atoms with E-state index in [1.165, 1.54) is 6.08 Å². The van der Waals surface area contributed by atoms with Gasteiger partial charge in [-0.1, -0.05) is 12.2 Å². The molecule has 0 aromatic rings. The van der Waals surface area contributed by atoms with Crippen LogP contribution in [0.5, 0.6) is 0 Å². The van der Waals surface area contributed by atoms with Gasteiger partial charge in [0.2, 0.25) is 0 Å². The zero-order valence-electron chi connectivity index (χ0n) is 6.17. The lowest BCUT2D eigenvalue weighted by molar-refractivity contribution is -0.137. The van der Waals surface area contributed by atoms with Gasteiger partial charge in [-0.2, -0.15) is 0 Å². The van der Waals surface area contributed by atoms with E-state index in [1.54, 1.807) is 19.1 Å². The standard InChI is InChI=1S/C8H12O2/c1-3-5-7-10-8(9)6-4-2/h3-4,6H,1,5,7H2,2H3/b6-4+. The molecule has 56 valence electrons. The molecular weight excluding hydrogens is 128 g/mol. The maximum atomic E-state index is 10.6. The topological polar surface area (TPSA) is 26.3 Å². The minimum absolute atomic E-state index is 0.288. The fraction of sp³-hybridized carbons (Fsp3) is 0.375. The van der Waals surface area contributed by atoms with Crippen molar-refractivity contribution in [2.45, 2.75) is 13.3 Å². The molecule has 0 saturated carbocycles. The number of rotatable bonds is 4. The van der Waals surface area contributed by atoms with Crippen LogP contribution in [0, 0.1) is 0 Å². The second kappa shape index (κ2) is 6.08. The Balaban J connectivity index is 3.30. The molecule has 0 atom stereocenters. The summed E-state index contributed by atoms with van der Waals surface area (Å²) in [6.45, 7) is 5.69. The van der Waals surface area contributed by atoms with E-state index in [1.807, 2.05) is 0 Å². The third-order valence-electron chi connectivity index (χ3n) is 0.869. The van der Waals surface area contributed by atoms with E-state index in [-0.39, 0.29) is 5.97 Å². The Labute approximate surface area is 61.2 Å². The predicted octanol–water partition coefficient (Wildman–Crippen LogP) is 1.68. The van der Waals surface area contributed by atoms with Gasteiger partial charge < -0.3 is 4.74 Å². The zero-order chi connectivity index (χ0) is 7.82. The largest absolute Gasteiger partial charge is 0.462 e. The first kappa shape index (κ1) is 8.95. The molecule has 0 radical (unpaired) electrons. The Morgan fingerprint density at radius 3 is 2.90 bits per heavy atom. The van der Waals surface area contributed by atoms with Crippen molar-refractivity contribution in [2.75, 3.05) is 6.61 Å². The summed E-state index contributed by atoms with van der Waals surface area (Å²) in [5.41, 5.74) is 0. The lowest BCUT2D eigenvalue weighted by atomic mass is 10.4. The summed E-state index contributed by atoms with van der Waals surface area (Å²) in [5.74, 6) is -0.288. The average Bonchev–Trinajstić information content (AvgIpc) is 1.89. The van der Waals surface area contributed by atoms with Crippen LogP contribution in [-0.2, 0) is 9.53 Å². The van der Waals surface area contributed by atoms with Crippen molar-refractivity contribution in [3.05, 3.63) is 24.8 Å². The monoisotopic (exact) mass is 140 g/mol. The Bertz CT molecular complexity index is 136. The Morgan fingerprint density at radius 1 is 1.70 bits per heavy atom. The number of carbonyl (C=O) groups is 1. The van der Waals surface area contributed by atoms with E-state index < -0.39 is 0 Å². The Kier molecular flexibility index (Phi) is 5.44. The van der Waals surface area contributed by atoms with E-state index >= 15 is 0 Å². The number of hydrogen-bond acceptors (Lipinski definition) is 2. The zero-order valence-corrected chi connectivity index (χ0v) is 6.17. The quantitative estimate of drug-likeness (QED) is 0.257. The van der Waals surface area contributed by atoms with Crippen molar-refractivity contribution in [2.24, 2.45) is 0 Å². The molecule has 0 N–H and O–H groups in total. The van der Waals surface area contributed by atoms with Gasteiger partial charge in [0.1, 0.15) is 0 Å². The van der Waals surface area contributed by atoms with Crippen LogP contribution in [0.3, 0.4) is 0 Å². The van der Waals surface area contributed by atoms with Gasteiger partial charge in [0, 0.05) is 6.08 Å². The molecule has 0 bridgehead atoms. The van der Waals surface area contributed by atoms with Crippen LogP contribution < -0.4 is 0 Å². The van der Waals surface area contributed by atoms with Crippen molar-refractivity contribution in [3.63, 3.8) is 0 Å². The number of ether oxygens (including phenoxy) is 1. The molecule has 0 amide bonds. The summed E-state index contributed by atoms with van der Waals surface area (Å²) < 4.78 is 4.73. The Hall–Kier alpha value is -1.05. The third-order valence-corrected chi connectivity index (χ3v) is 0.869. The second-order valence-electron chi connectivity index (χ2n) is 1.74. The van der Waals surface area contributed by atoms with Crippen LogP contribution in [0.25, 0.3) is 0 Å². The van der Waals surface area contributed by atoms with Gasteiger partial charge in [0.25, 0.3) is 0 Å². The minimum Gasteiger partial charge on any atom is -0.462 e.